The monoisotopic (exact) mass is 221 g/mol. The molecule has 0 aliphatic carbocycles. The maximum absolute atomic E-state index is 13.4. The van der Waals surface area contributed by atoms with Crippen LogP contribution in [-0.2, 0) is 6.54 Å². The molecule has 0 atom stereocenters. The number of halogens is 1. The molecule has 84 valence electrons. The van der Waals surface area contributed by atoms with Crippen LogP contribution in [0.2, 0.25) is 0 Å². The van der Waals surface area contributed by atoms with E-state index in [0.29, 0.717) is 23.9 Å². The van der Waals surface area contributed by atoms with Crippen LogP contribution in [0.15, 0.2) is 22.7 Å². The Morgan fingerprint density at radius 3 is 2.88 bits per heavy atom. The Bertz CT molecular complexity index is 496. The average Bonchev–Trinajstić information content (AvgIpc) is 2.66. The summed E-state index contributed by atoms with van der Waals surface area (Å²) >= 11 is 0. The fourth-order valence-corrected chi connectivity index (χ4v) is 1.38. The first-order valence-corrected chi connectivity index (χ1v) is 4.94. The molecule has 0 bridgehead atoms. The highest BCUT2D eigenvalue weighted by Gasteiger charge is 2.05. The number of aryl methyl sites for hydroxylation is 2. The zero-order valence-corrected chi connectivity index (χ0v) is 9.12. The summed E-state index contributed by atoms with van der Waals surface area (Å²) < 4.78 is 18.2. The van der Waals surface area contributed by atoms with Crippen molar-refractivity contribution in [1.82, 2.24) is 10.1 Å². The average molecular weight is 221 g/mol. The summed E-state index contributed by atoms with van der Waals surface area (Å²) in [6, 6.07) is 5.27. The number of anilines is 1. The van der Waals surface area contributed by atoms with E-state index in [0.717, 1.165) is 5.56 Å². The molecule has 0 fully saturated rings. The van der Waals surface area contributed by atoms with E-state index in [-0.39, 0.29) is 5.82 Å². The summed E-state index contributed by atoms with van der Waals surface area (Å²) in [7, 11) is 0. The third-order valence-corrected chi connectivity index (χ3v) is 2.16. The molecule has 1 aromatic heterocycles. The molecular formula is C11H12FN3O. The van der Waals surface area contributed by atoms with E-state index in [2.05, 4.69) is 15.5 Å². The standard InChI is InChI=1S/C11H12FN3O/c1-7-3-4-10(12)9(5-7)6-13-11-14-8(2)15-16-11/h3-5H,6H2,1-2H3,(H,13,14,15). The minimum atomic E-state index is -0.241. The third-order valence-electron chi connectivity index (χ3n) is 2.16. The normalized spacial score (nSPS) is 10.4. The first-order valence-electron chi connectivity index (χ1n) is 4.94. The van der Waals surface area contributed by atoms with E-state index >= 15 is 0 Å². The van der Waals surface area contributed by atoms with Gasteiger partial charge >= 0.3 is 6.01 Å². The van der Waals surface area contributed by atoms with Gasteiger partial charge < -0.3 is 9.84 Å². The lowest BCUT2D eigenvalue weighted by molar-refractivity contribution is 0.425. The van der Waals surface area contributed by atoms with Crippen LogP contribution < -0.4 is 5.32 Å². The Morgan fingerprint density at radius 2 is 2.19 bits per heavy atom. The minimum Gasteiger partial charge on any atom is -0.334 e. The molecule has 5 heteroatoms. The second kappa shape index (κ2) is 4.30. The summed E-state index contributed by atoms with van der Waals surface area (Å²) in [6.07, 6.45) is 0. The zero-order valence-electron chi connectivity index (χ0n) is 9.12. The maximum atomic E-state index is 13.4. The first kappa shape index (κ1) is 10.6. The van der Waals surface area contributed by atoms with Crippen LogP contribution in [0.3, 0.4) is 0 Å². The highest BCUT2D eigenvalue weighted by atomic mass is 19.1. The van der Waals surface area contributed by atoms with Gasteiger partial charge in [0, 0.05) is 12.1 Å². The Kier molecular flexibility index (Phi) is 2.85. The number of nitrogens with zero attached hydrogens (tertiary/aromatic N) is 2. The van der Waals surface area contributed by atoms with Crippen molar-refractivity contribution in [2.45, 2.75) is 20.4 Å². The van der Waals surface area contributed by atoms with Gasteiger partial charge in [0.05, 0.1) is 0 Å². The van der Waals surface area contributed by atoms with Crippen LogP contribution in [0.4, 0.5) is 10.4 Å². The van der Waals surface area contributed by atoms with Gasteiger partial charge in [-0.3, -0.25) is 0 Å². The quantitative estimate of drug-likeness (QED) is 0.864. The second-order valence-electron chi connectivity index (χ2n) is 3.60. The molecule has 0 aliphatic rings. The molecular weight excluding hydrogens is 209 g/mol. The summed E-state index contributed by atoms with van der Waals surface area (Å²) in [4.78, 5) is 3.97. The van der Waals surface area contributed by atoms with E-state index in [4.69, 9.17) is 4.52 Å². The number of nitrogens with one attached hydrogen (secondary N) is 1. The van der Waals surface area contributed by atoms with Gasteiger partial charge in [0.15, 0.2) is 5.82 Å². The SMILES string of the molecule is Cc1ccc(F)c(CNc2nc(C)no2)c1. The lowest BCUT2D eigenvalue weighted by Crippen LogP contribution is -2.02. The van der Waals surface area contributed by atoms with E-state index in [1.807, 2.05) is 6.92 Å². The fraction of sp³-hybridized carbons (Fsp3) is 0.273. The summed E-state index contributed by atoms with van der Waals surface area (Å²) in [5.74, 6) is 0.307. The molecule has 0 saturated carbocycles. The molecule has 0 saturated heterocycles. The lowest BCUT2D eigenvalue weighted by Gasteiger charge is -2.04. The largest absolute Gasteiger partial charge is 0.334 e. The smallest absolute Gasteiger partial charge is 0.321 e. The molecule has 1 N–H and O–H groups in total. The first-order chi connectivity index (χ1) is 7.65. The second-order valence-corrected chi connectivity index (χ2v) is 3.60. The number of benzene rings is 1. The Hall–Kier alpha value is -1.91. The molecule has 4 nitrogen and oxygen atoms in total. The third kappa shape index (κ3) is 2.36. The van der Waals surface area contributed by atoms with Crippen molar-refractivity contribution in [3.63, 3.8) is 0 Å². The van der Waals surface area contributed by atoms with E-state index in [1.165, 1.54) is 6.07 Å². The van der Waals surface area contributed by atoms with Crippen LogP contribution >= 0.6 is 0 Å². The van der Waals surface area contributed by atoms with Gasteiger partial charge in [-0.2, -0.15) is 4.98 Å². The highest BCUT2D eigenvalue weighted by Crippen LogP contribution is 2.12. The van der Waals surface area contributed by atoms with E-state index < -0.39 is 0 Å². The van der Waals surface area contributed by atoms with E-state index in [1.54, 1.807) is 19.1 Å². The van der Waals surface area contributed by atoms with Crippen molar-refractivity contribution in [3.8, 4) is 0 Å². The van der Waals surface area contributed by atoms with Crippen LogP contribution in [-0.4, -0.2) is 10.1 Å². The summed E-state index contributed by atoms with van der Waals surface area (Å²) in [5.41, 5.74) is 1.59. The molecule has 0 amide bonds. The van der Waals surface area contributed by atoms with Crippen LogP contribution in [0, 0.1) is 19.7 Å². The minimum absolute atomic E-state index is 0.241. The van der Waals surface area contributed by atoms with Crippen LogP contribution in [0.5, 0.6) is 0 Å². The van der Waals surface area contributed by atoms with Crippen molar-refractivity contribution >= 4 is 6.01 Å². The number of aromatic nitrogens is 2. The molecule has 0 aliphatic heterocycles. The van der Waals surface area contributed by atoms with E-state index in [9.17, 15) is 4.39 Å². The molecule has 2 aromatic rings. The molecule has 1 aromatic carbocycles. The van der Waals surface area contributed by atoms with Crippen LogP contribution in [0.25, 0.3) is 0 Å². The molecule has 1 heterocycles. The number of hydrogen-bond acceptors (Lipinski definition) is 4. The van der Waals surface area contributed by atoms with Gasteiger partial charge in [-0.15, -0.1) is 0 Å². The van der Waals surface area contributed by atoms with Crippen molar-refractivity contribution in [2.24, 2.45) is 0 Å². The Morgan fingerprint density at radius 1 is 1.38 bits per heavy atom. The zero-order chi connectivity index (χ0) is 11.5. The topological polar surface area (TPSA) is 51.0 Å². The summed E-state index contributed by atoms with van der Waals surface area (Å²) in [6.45, 7) is 3.97. The maximum Gasteiger partial charge on any atom is 0.321 e. The summed E-state index contributed by atoms with van der Waals surface area (Å²) in [5, 5.41) is 6.50. The van der Waals surface area contributed by atoms with Gasteiger partial charge in [-0.25, -0.2) is 4.39 Å². The molecule has 0 radical (unpaired) electrons. The molecule has 2 rings (SSSR count). The van der Waals surface area contributed by atoms with Crippen molar-refractivity contribution < 1.29 is 8.91 Å². The van der Waals surface area contributed by atoms with Gasteiger partial charge in [-0.1, -0.05) is 22.9 Å². The van der Waals surface area contributed by atoms with Gasteiger partial charge in [0.1, 0.15) is 5.82 Å². The van der Waals surface area contributed by atoms with Crippen molar-refractivity contribution in [3.05, 3.63) is 41.0 Å². The predicted octanol–water partition coefficient (Wildman–Crippen LogP) is 2.44. The Balaban J connectivity index is 2.07. The molecule has 0 spiro atoms. The highest BCUT2D eigenvalue weighted by molar-refractivity contribution is 5.28. The van der Waals surface area contributed by atoms with Crippen LogP contribution in [0.1, 0.15) is 17.0 Å². The number of hydrogen-bond donors (Lipinski definition) is 1. The lowest BCUT2D eigenvalue weighted by atomic mass is 10.1. The predicted molar refractivity (Wildman–Crippen MR) is 57.5 cm³/mol. The molecule has 16 heavy (non-hydrogen) atoms. The van der Waals surface area contributed by atoms with Crippen molar-refractivity contribution in [1.29, 1.82) is 0 Å². The van der Waals surface area contributed by atoms with Gasteiger partial charge in [0.2, 0.25) is 0 Å². The fourth-order valence-electron chi connectivity index (χ4n) is 1.38. The molecule has 0 unspecified atom stereocenters. The number of rotatable bonds is 3. The van der Waals surface area contributed by atoms with Gasteiger partial charge in [0.25, 0.3) is 0 Å². The Labute approximate surface area is 92.5 Å². The van der Waals surface area contributed by atoms with Crippen molar-refractivity contribution in [2.75, 3.05) is 5.32 Å². The van der Waals surface area contributed by atoms with Gasteiger partial charge in [-0.05, 0) is 19.9 Å².